The quantitative estimate of drug-likeness (QED) is 0.761. The molecule has 1 aromatic rings. The van der Waals surface area contributed by atoms with Gasteiger partial charge in [0, 0.05) is 6.04 Å². The Morgan fingerprint density at radius 1 is 1.24 bits per heavy atom. The summed E-state index contributed by atoms with van der Waals surface area (Å²) in [5.41, 5.74) is 0.821. The second-order valence-electron chi connectivity index (χ2n) is 4.73. The summed E-state index contributed by atoms with van der Waals surface area (Å²) in [6, 6.07) is 7.46. The third kappa shape index (κ3) is 4.47. The van der Waals surface area contributed by atoms with Crippen molar-refractivity contribution in [3.8, 4) is 0 Å². The highest BCUT2D eigenvalue weighted by Gasteiger charge is 2.17. The van der Waals surface area contributed by atoms with Crippen LogP contribution in [-0.2, 0) is 6.42 Å². The maximum atomic E-state index is 13.6. The molecule has 0 heterocycles. The first-order chi connectivity index (χ1) is 8.19. The van der Waals surface area contributed by atoms with E-state index in [0.717, 1.165) is 18.5 Å². The van der Waals surface area contributed by atoms with Crippen LogP contribution in [0.3, 0.4) is 0 Å². The van der Waals surface area contributed by atoms with Crippen molar-refractivity contribution < 1.29 is 4.39 Å². The summed E-state index contributed by atoms with van der Waals surface area (Å²) in [5, 5.41) is 3.48. The fourth-order valence-corrected chi connectivity index (χ4v) is 2.29. The lowest BCUT2D eigenvalue weighted by atomic mass is 9.91. The molecule has 0 spiro atoms. The van der Waals surface area contributed by atoms with Crippen molar-refractivity contribution in [1.29, 1.82) is 0 Å². The fraction of sp³-hybridized carbons (Fsp3) is 0.600. The average molecular weight is 237 g/mol. The highest BCUT2D eigenvalue weighted by molar-refractivity contribution is 5.18. The third-order valence-corrected chi connectivity index (χ3v) is 3.29. The van der Waals surface area contributed by atoms with Crippen LogP contribution >= 0.6 is 0 Å². The Morgan fingerprint density at radius 2 is 1.94 bits per heavy atom. The number of hydrogen-bond acceptors (Lipinski definition) is 1. The first kappa shape index (κ1) is 14.2. The van der Waals surface area contributed by atoms with Gasteiger partial charge >= 0.3 is 0 Å². The number of nitrogens with one attached hydrogen (secondary N) is 1. The van der Waals surface area contributed by atoms with Crippen LogP contribution in [0.1, 0.15) is 39.2 Å². The zero-order chi connectivity index (χ0) is 12.7. The van der Waals surface area contributed by atoms with Crippen LogP contribution in [0.5, 0.6) is 0 Å². The monoisotopic (exact) mass is 237 g/mol. The number of hydrogen-bond donors (Lipinski definition) is 1. The molecule has 0 fully saturated rings. The van der Waals surface area contributed by atoms with Crippen molar-refractivity contribution >= 4 is 0 Å². The van der Waals surface area contributed by atoms with Gasteiger partial charge in [0.05, 0.1) is 0 Å². The van der Waals surface area contributed by atoms with Crippen molar-refractivity contribution in [2.24, 2.45) is 5.92 Å². The molecule has 1 N–H and O–H groups in total. The molecule has 96 valence electrons. The molecule has 0 aromatic heterocycles. The molecule has 0 aliphatic rings. The highest BCUT2D eigenvalue weighted by Crippen LogP contribution is 2.17. The van der Waals surface area contributed by atoms with Crippen molar-refractivity contribution in [2.45, 2.75) is 46.1 Å². The normalized spacial score (nSPS) is 14.6. The second-order valence-corrected chi connectivity index (χ2v) is 4.73. The minimum Gasteiger partial charge on any atom is -0.314 e. The highest BCUT2D eigenvalue weighted by atomic mass is 19.1. The topological polar surface area (TPSA) is 12.0 Å². The van der Waals surface area contributed by atoms with E-state index in [1.807, 2.05) is 12.1 Å². The van der Waals surface area contributed by atoms with Crippen LogP contribution in [0.2, 0.25) is 0 Å². The van der Waals surface area contributed by atoms with E-state index in [4.69, 9.17) is 0 Å². The van der Waals surface area contributed by atoms with E-state index in [1.165, 1.54) is 12.8 Å². The summed E-state index contributed by atoms with van der Waals surface area (Å²) >= 11 is 0. The van der Waals surface area contributed by atoms with Gasteiger partial charge in [0.25, 0.3) is 0 Å². The lowest BCUT2D eigenvalue weighted by Crippen LogP contribution is -2.37. The molecule has 0 aliphatic heterocycles. The van der Waals surface area contributed by atoms with Gasteiger partial charge in [-0.25, -0.2) is 4.39 Å². The van der Waals surface area contributed by atoms with Gasteiger partial charge in [0.1, 0.15) is 5.82 Å². The van der Waals surface area contributed by atoms with E-state index >= 15 is 0 Å². The first-order valence-corrected chi connectivity index (χ1v) is 6.65. The van der Waals surface area contributed by atoms with Crippen molar-refractivity contribution in [2.75, 3.05) is 6.54 Å². The molecule has 0 aliphatic carbocycles. The Hall–Kier alpha value is -0.890. The minimum absolute atomic E-state index is 0.0842. The van der Waals surface area contributed by atoms with Crippen LogP contribution in [-0.4, -0.2) is 12.6 Å². The van der Waals surface area contributed by atoms with E-state index < -0.39 is 0 Å². The fourth-order valence-electron chi connectivity index (χ4n) is 2.29. The predicted octanol–water partition coefficient (Wildman–Crippen LogP) is 3.78. The number of rotatable bonds is 7. The van der Waals surface area contributed by atoms with Crippen molar-refractivity contribution in [1.82, 2.24) is 5.32 Å². The number of benzene rings is 1. The minimum atomic E-state index is -0.0842. The smallest absolute Gasteiger partial charge is 0.126 e. The lowest BCUT2D eigenvalue weighted by molar-refractivity contribution is 0.354. The van der Waals surface area contributed by atoms with Crippen LogP contribution in [0.15, 0.2) is 24.3 Å². The van der Waals surface area contributed by atoms with Crippen LogP contribution < -0.4 is 5.32 Å². The molecule has 0 saturated carbocycles. The average Bonchev–Trinajstić information content (AvgIpc) is 2.31. The molecule has 2 atom stereocenters. The molecular weight excluding hydrogens is 213 g/mol. The maximum absolute atomic E-state index is 13.6. The Balaban J connectivity index is 2.69. The van der Waals surface area contributed by atoms with E-state index in [9.17, 15) is 4.39 Å². The van der Waals surface area contributed by atoms with Crippen LogP contribution in [0, 0.1) is 11.7 Å². The van der Waals surface area contributed by atoms with Gasteiger partial charge in [0.15, 0.2) is 0 Å². The van der Waals surface area contributed by atoms with Gasteiger partial charge in [-0.2, -0.15) is 0 Å². The predicted molar refractivity (Wildman–Crippen MR) is 71.6 cm³/mol. The van der Waals surface area contributed by atoms with Gasteiger partial charge in [-0.1, -0.05) is 45.4 Å². The summed E-state index contributed by atoms with van der Waals surface area (Å²) in [5.74, 6) is 0.499. The number of likely N-dealkylation sites (N-methyl/N-ethyl adjacent to an activating group) is 1. The molecule has 1 aromatic carbocycles. The zero-order valence-corrected chi connectivity index (χ0v) is 11.2. The zero-order valence-electron chi connectivity index (χ0n) is 11.2. The Morgan fingerprint density at radius 3 is 2.53 bits per heavy atom. The molecule has 0 bridgehead atoms. The molecule has 0 radical (unpaired) electrons. The van der Waals surface area contributed by atoms with Gasteiger partial charge in [0.2, 0.25) is 0 Å². The Kier molecular flexibility index (Phi) is 6.20. The molecule has 2 unspecified atom stereocenters. The summed E-state index contributed by atoms with van der Waals surface area (Å²) in [7, 11) is 0. The first-order valence-electron chi connectivity index (χ1n) is 6.65. The Bertz CT molecular complexity index is 324. The van der Waals surface area contributed by atoms with Gasteiger partial charge in [-0.05, 0) is 36.9 Å². The molecule has 0 saturated heterocycles. The summed E-state index contributed by atoms with van der Waals surface area (Å²) in [4.78, 5) is 0. The van der Waals surface area contributed by atoms with Gasteiger partial charge < -0.3 is 5.32 Å². The SMILES string of the molecule is CCCC(C)C(Cc1ccccc1F)NCC. The summed E-state index contributed by atoms with van der Waals surface area (Å²) in [6.45, 7) is 7.49. The largest absolute Gasteiger partial charge is 0.314 e. The molecule has 17 heavy (non-hydrogen) atoms. The van der Waals surface area contributed by atoms with Gasteiger partial charge in [-0.15, -0.1) is 0 Å². The van der Waals surface area contributed by atoms with Crippen molar-refractivity contribution in [3.63, 3.8) is 0 Å². The summed E-state index contributed by atoms with van der Waals surface area (Å²) in [6.07, 6.45) is 3.15. The van der Waals surface area contributed by atoms with Crippen LogP contribution in [0.25, 0.3) is 0 Å². The van der Waals surface area contributed by atoms with E-state index in [-0.39, 0.29) is 5.82 Å². The van der Waals surface area contributed by atoms with Gasteiger partial charge in [-0.3, -0.25) is 0 Å². The lowest BCUT2D eigenvalue weighted by Gasteiger charge is -2.25. The van der Waals surface area contributed by atoms with Crippen LogP contribution in [0.4, 0.5) is 4.39 Å². The number of halogens is 1. The molecule has 1 rings (SSSR count). The van der Waals surface area contributed by atoms with E-state index in [1.54, 1.807) is 12.1 Å². The molecule has 2 heteroatoms. The maximum Gasteiger partial charge on any atom is 0.126 e. The summed E-state index contributed by atoms with van der Waals surface area (Å²) < 4.78 is 13.6. The van der Waals surface area contributed by atoms with Crippen molar-refractivity contribution in [3.05, 3.63) is 35.6 Å². The second kappa shape index (κ2) is 7.44. The van der Waals surface area contributed by atoms with E-state index in [2.05, 4.69) is 26.1 Å². The standard InChI is InChI=1S/C15H24FN/c1-4-8-12(3)15(17-5-2)11-13-9-6-7-10-14(13)16/h6-7,9-10,12,15,17H,4-5,8,11H2,1-3H3. The Labute approximate surface area is 104 Å². The molecule has 0 amide bonds. The molecule has 1 nitrogen and oxygen atoms in total. The molecular formula is C15H24FN. The van der Waals surface area contributed by atoms with E-state index in [0.29, 0.717) is 12.0 Å². The third-order valence-electron chi connectivity index (χ3n) is 3.29.